The largest absolute Gasteiger partial charge is 0.497 e. The second-order valence-corrected chi connectivity index (χ2v) is 7.65. The number of esters is 1. The van der Waals surface area contributed by atoms with Crippen molar-refractivity contribution in [1.82, 2.24) is 0 Å². The topological polar surface area (TPSA) is 102 Å². The Morgan fingerprint density at radius 2 is 1.58 bits per heavy atom. The predicted octanol–water partition coefficient (Wildman–Crippen LogP) is 3.99. The second-order valence-electron chi connectivity index (χ2n) is 7.65. The lowest BCUT2D eigenvalue weighted by Crippen LogP contribution is -2.53. The molecule has 0 aliphatic rings. The summed E-state index contributed by atoms with van der Waals surface area (Å²) in [5, 5.41) is 14.2. The van der Waals surface area contributed by atoms with Gasteiger partial charge in [0.2, 0.25) is 0 Å². The lowest BCUT2D eigenvalue weighted by atomic mass is 9.79. The van der Waals surface area contributed by atoms with E-state index in [9.17, 15) is 9.90 Å². The van der Waals surface area contributed by atoms with Crippen molar-refractivity contribution in [3.63, 3.8) is 0 Å². The Morgan fingerprint density at radius 3 is 2.03 bits per heavy atom. The lowest BCUT2D eigenvalue weighted by Gasteiger charge is -2.39. The predicted molar refractivity (Wildman–Crippen MR) is 116 cm³/mol. The van der Waals surface area contributed by atoms with Crippen LogP contribution < -0.4 is 10.1 Å². The lowest BCUT2D eigenvalue weighted by molar-refractivity contribution is -0.191. The first kappa shape index (κ1) is 25.9. The maximum absolute atomic E-state index is 13.2. The van der Waals surface area contributed by atoms with Crippen LogP contribution in [0, 0.1) is 5.92 Å². The first-order valence-electron chi connectivity index (χ1n) is 10.1. The monoisotopic (exact) mass is 429 g/mol. The van der Waals surface area contributed by atoms with E-state index in [2.05, 4.69) is 5.32 Å². The highest BCUT2D eigenvalue weighted by atomic mass is 16.5. The SMILES string of the molecule is COc1ccc(NC(CC(O)c2ccccc2)(C(=O)OC(C)C)C(C)C)cc1.O=C=O. The smallest absolute Gasteiger partial charge is 0.373 e. The van der Waals surface area contributed by atoms with Gasteiger partial charge in [0, 0.05) is 12.1 Å². The van der Waals surface area contributed by atoms with E-state index in [0.717, 1.165) is 17.0 Å². The maximum Gasteiger partial charge on any atom is 0.373 e. The molecule has 2 aromatic carbocycles. The van der Waals surface area contributed by atoms with Crippen LogP contribution >= 0.6 is 0 Å². The molecule has 0 spiro atoms. The average molecular weight is 430 g/mol. The van der Waals surface area contributed by atoms with Gasteiger partial charge >= 0.3 is 12.1 Å². The van der Waals surface area contributed by atoms with Crippen LogP contribution in [0.15, 0.2) is 54.6 Å². The van der Waals surface area contributed by atoms with Gasteiger partial charge in [0.15, 0.2) is 0 Å². The normalized spacial score (nSPS) is 13.3. The number of benzene rings is 2. The van der Waals surface area contributed by atoms with Crippen molar-refractivity contribution in [2.45, 2.75) is 51.9 Å². The van der Waals surface area contributed by atoms with E-state index < -0.39 is 11.6 Å². The molecule has 168 valence electrons. The first-order valence-corrected chi connectivity index (χ1v) is 10.1. The molecule has 0 radical (unpaired) electrons. The van der Waals surface area contributed by atoms with Gasteiger partial charge in [-0.05, 0) is 49.6 Å². The van der Waals surface area contributed by atoms with E-state index in [0.29, 0.717) is 0 Å². The summed E-state index contributed by atoms with van der Waals surface area (Å²) in [6.07, 6.45) is -0.627. The van der Waals surface area contributed by atoms with Crippen molar-refractivity contribution in [3.8, 4) is 5.75 Å². The summed E-state index contributed by atoms with van der Waals surface area (Å²) < 4.78 is 10.8. The highest BCUT2D eigenvalue weighted by molar-refractivity contribution is 5.85. The molecule has 2 unspecified atom stereocenters. The Morgan fingerprint density at radius 1 is 1.03 bits per heavy atom. The Hall–Kier alpha value is -3.15. The third kappa shape index (κ3) is 7.55. The van der Waals surface area contributed by atoms with Crippen LogP contribution in [0.3, 0.4) is 0 Å². The number of ether oxygens (including phenoxy) is 2. The minimum atomic E-state index is -1.09. The number of anilines is 1. The summed E-state index contributed by atoms with van der Waals surface area (Å²) in [4.78, 5) is 29.4. The van der Waals surface area contributed by atoms with Crippen LogP contribution in [-0.4, -0.2) is 36.0 Å². The summed E-state index contributed by atoms with van der Waals surface area (Å²) >= 11 is 0. The molecule has 0 fully saturated rings. The van der Waals surface area contributed by atoms with Gasteiger partial charge in [0.05, 0.1) is 19.3 Å². The molecule has 2 N–H and O–H groups in total. The zero-order chi connectivity index (χ0) is 23.4. The molecular formula is C24H31NO6. The molecule has 0 amide bonds. The Balaban J connectivity index is 0.00000151. The van der Waals surface area contributed by atoms with Gasteiger partial charge < -0.3 is 19.9 Å². The number of methoxy groups -OCH3 is 1. The molecule has 0 bridgehead atoms. The first-order chi connectivity index (χ1) is 14.7. The van der Waals surface area contributed by atoms with Crippen molar-refractivity contribution >= 4 is 17.8 Å². The van der Waals surface area contributed by atoms with Crippen molar-refractivity contribution in [1.29, 1.82) is 0 Å². The Bertz CT molecular complexity index is 829. The number of hydrogen-bond acceptors (Lipinski definition) is 7. The quantitative estimate of drug-likeness (QED) is 0.581. The second kappa shape index (κ2) is 12.5. The van der Waals surface area contributed by atoms with Gasteiger partial charge in [-0.1, -0.05) is 44.2 Å². The van der Waals surface area contributed by atoms with E-state index in [4.69, 9.17) is 19.1 Å². The number of aliphatic hydroxyl groups is 1. The van der Waals surface area contributed by atoms with Gasteiger partial charge in [-0.25, -0.2) is 4.79 Å². The van der Waals surface area contributed by atoms with Crippen LogP contribution in [0.5, 0.6) is 5.75 Å². The summed E-state index contributed by atoms with van der Waals surface area (Å²) in [7, 11) is 1.61. The number of carbonyl (C=O) groups is 1. The fraction of sp³-hybridized carbons (Fsp3) is 0.417. The van der Waals surface area contributed by atoms with Crippen LogP contribution in [0.4, 0.5) is 5.69 Å². The molecule has 0 aromatic heterocycles. The van der Waals surface area contributed by atoms with E-state index in [1.165, 1.54) is 0 Å². The van der Waals surface area contributed by atoms with Crippen molar-refractivity contribution in [3.05, 3.63) is 60.2 Å². The molecule has 0 saturated carbocycles. The molecule has 0 saturated heterocycles. The van der Waals surface area contributed by atoms with Gasteiger partial charge in [0.25, 0.3) is 0 Å². The van der Waals surface area contributed by atoms with Crippen molar-refractivity contribution < 1.29 is 29.0 Å². The van der Waals surface area contributed by atoms with E-state index >= 15 is 0 Å². The molecule has 31 heavy (non-hydrogen) atoms. The fourth-order valence-electron chi connectivity index (χ4n) is 3.15. The molecule has 7 heteroatoms. The highest BCUT2D eigenvalue weighted by Gasteiger charge is 2.45. The summed E-state index contributed by atoms with van der Waals surface area (Å²) in [5.74, 6) is 0.234. The molecule has 2 rings (SSSR count). The van der Waals surface area contributed by atoms with Crippen LogP contribution in [0.25, 0.3) is 0 Å². The highest BCUT2D eigenvalue weighted by Crippen LogP contribution is 2.35. The number of rotatable bonds is 9. The molecule has 0 heterocycles. The minimum absolute atomic E-state index is 0.126. The molecule has 7 nitrogen and oxygen atoms in total. The summed E-state index contributed by atoms with van der Waals surface area (Å²) in [6.45, 7) is 7.56. The molecule has 2 aromatic rings. The molecular weight excluding hydrogens is 398 g/mol. The molecule has 0 aliphatic heterocycles. The van der Waals surface area contributed by atoms with E-state index in [-0.39, 0.29) is 30.6 Å². The maximum atomic E-state index is 13.2. The van der Waals surface area contributed by atoms with Crippen molar-refractivity contribution in [2.75, 3.05) is 12.4 Å². The van der Waals surface area contributed by atoms with Crippen LogP contribution in [-0.2, 0) is 19.1 Å². The van der Waals surface area contributed by atoms with Crippen LogP contribution in [0.2, 0.25) is 0 Å². The van der Waals surface area contributed by atoms with Gasteiger partial charge in [-0.15, -0.1) is 0 Å². The van der Waals surface area contributed by atoms with Gasteiger partial charge in [-0.2, -0.15) is 9.59 Å². The Labute approximate surface area is 183 Å². The Kier molecular flexibility index (Phi) is 10.5. The van der Waals surface area contributed by atoms with Crippen LogP contribution in [0.1, 0.15) is 45.8 Å². The molecule has 2 atom stereocenters. The van der Waals surface area contributed by atoms with Crippen molar-refractivity contribution in [2.24, 2.45) is 5.92 Å². The van der Waals surface area contributed by atoms with Gasteiger partial charge in [0.1, 0.15) is 11.3 Å². The zero-order valence-electron chi connectivity index (χ0n) is 18.6. The summed E-state index contributed by atoms with van der Waals surface area (Å²) in [5.41, 5.74) is 0.436. The fourth-order valence-corrected chi connectivity index (χ4v) is 3.15. The van der Waals surface area contributed by atoms with E-state index in [1.54, 1.807) is 7.11 Å². The number of hydrogen-bond donors (Lipinski definition) is 2. The average Bonchev–Trinajstić information content (AvgIpc) is 2.74. The number of nitrogens with one attached hydrogen (secondary N) is 1. The minimum Gasteiger partial charge on any atom is -0.497 e. The zero-order valence-corrected chi connectivity index (χ0v) is 18.6. The number of aliphatic hydroxyl groups excluding tert-OH is 1. The summed E-state index contributed by atoms with van der Waals surface area (Å²) in [6, 6.07) is 16.7. The third-order valence-corrected chi connectivity index (χ3v) is 4.85. The number of carbonyl (C=O) groups excluding carboxylic acids is 3. The third-order valence-electron chi connectivity index (χ3n) is 4.85. The standard InChI is InChI=1S/C23H31NO4.CO2/c1-16(2)23(22(26)28-17(3)4,15-21(25)18-9-7-6-8-10-18)24-19-11-13-20(27-5)14-12-19;2-1-3/h6-14,16-17,21,24-25H,15H2,1-5H3;. The molecule has 0 aliphatic carbocycles. The van der Waals surface area contributed by atoms with E-state index in [1.807, 2.05) is 82.3 Å². The van der Waals surface area contributed by atoms with Gasteiger partial charge in [-0.3, -0.25) is 0 Å².